The molecule has 1 aliphatic rings. The Labute approximate surface area is 254 Å². The Morgan fingerprint density at radius 2 is 1.84 bits per heavy atom. The van der Waals surface area contributed by atoms with E-state index in [0.29, 0.717) is 28.0 Å². The summed E-state index contributed by atoms with van der Waals surface area (Å²) < 4.78 is 38.9. The first-order valence-electron chi connectivity index (χ1n) is 13.1. The van der Waals surface area contributed by atoms with Gasteiger partial charge in [0.2, 0.25) is 10.0 Å². The van der Waals surface area contributed by atoms with Gasteiger partial charge in [-0.15, -0.1) is 0 Å². The third-order valence-corrected chi connectivity index (χ3v) is 8.17. The van der Waals surface area contributed by atoms with E-state index in [1.54, 1.807) is 36.5 Å². The highest BCUT2D eigenvalue weighted by Crippen LogP contribution is 2.45. The second kappa shape index (κ2) is 11.5. The number of hydrogen-bond donors (Lipinski definition) is 2. The van der Waals surface area contributed by atoms with E-state index in [-0.39, 0.29) is 17.4 Å². The van der Waals surface area contributed by atoms with Crippen LogP contribution in [0.15, 0.2) is 66.9 Å². The molecule has 0 aliphatic carbocycles. The van der Waals surface area contributed by atoms with Gasteiger partial charge in [0.15, 0.2) is 5.11 Å². The molecule has 14 heteroatoms. The zero-order valence-electron chi connectivity index (χ0n) is 24.1. The first kappa shape index (κ1) is 29.8. The maximum atomic E-state index is 12.1. The normalized spacial score (nSPS) is 16.6. The van der Waals surface area contributed by atoms with Gasteiger partial charge in [-0.3, -0.25) is 19.8 Å². The van der Waals surface area contributed by atoms with Crippen molar-refractivity contribution >= 4 is 44.4 Å². The monoisotopic (exact) mass is 622 g/mol. The Balaban J connectivity index is 1.69. The number of sulfonamides is 1. The van der Waals surface area contributed by atoms with Gasteiger partial charge in [0.1, 0.15) is 17.2 Å². The van der Waals surface area contributed by atoms with Crippen LogP contribution in [0, 0.1) is 24.0 Å². The molecular formula is C29H30N6O6S2. The SMILES string of the molecule is COc1ccc(-n2c(C)cc([C@@H]3[C@H](c4ccccn4)NC(=S)N3c3ccc(NS(C)(=O)=O)c(OC)c3)c2C)c([N+](=O)[O-])c1. The van der Waals surface area contributed by atoms with Crippen LogP contribution in [0.1, 0.15) is 34.7 Å². The second-order valence-corrected chi connectivity index (χ2v) is 12.2. The number of nitrogens with zero attached hydrogens (tertiary/aromatic N) is 4. The number of rotatable bonds is 9. The number of pyridine rings is 1. The molecule has 2 atom stereocenters. The number of nitrogens with one attached hydrogen (secondary N) is 2. The number of anilines is 2. The molecule has 1 aliphatic heterocycles. The molecule has 3 heterocycles. The topological polar surface area (TPSA) is 141 Å². The van der Waals surface area contributed by atoms with Crippen LogP contribution in [0.25, 0.3) is 5.69 Å². The minimum absolute atomic E-state index is 0.0930. The highest BCUT2D eigenvalue weighted by atomic mass is 32.2. The Morgan fingerprint density at radius 3 is 2.47 bits per heavy atom. The average molecular weight is 623 g/mol. The Bertz CT molecular complexity index is 1830. The van der Waals surface area contributed by atoms with Crippen molar-refractivity contribution in [3.63, 3.8) is 0 Å². The highest BCUT2D eigenvalue weighted by Gasteiger charge is 2.42. The van der Waals surface area contributed by atoms with Gasteiger partial charge in [-0.05, 0) is 74.1 Å². The Morgan fingerprint density at radius 1 is 1.07 bits per heavy atom. The second-order valence-electron chi connectivity index (χ2n) is 10.0. The summed E-state index contributed by atoms with van der Waals surface area (Å²) in [6, 6.07) is 16.7. The van der Waals surface area contributed by atoms with Crippen molar-refractivity contribution in [2.24, 2.45) is 0 Å². The fraction of sp³-hybridized carbons (Fsp3) is 0.241. The number of benzene rings is 2. The van der Waals surface area contributed by atoms with Crippen LogP contribution in [0.4, 0.5) is 17.1 Å². The van der Waals surface area contributed by atoms with Gasteiger partial charge in [-0.1, -0.05) is 6.07 Å². The molecule has 0 saturated carbocycles. The first-order chi connectivity index (χ1) is 20.4. The van der Waals surface area contributed by atoms with Crippen LogP contribution in [0.5, 0.6) is 11.5 Å². The predicted molar refractivity (Wildman–Crippen MR) is 168 cm³/mol. The van der Waals surface area contributed by atoms with Crippen LogP contribution in [0.3, 0.4) is 0 Å². The Kier molecular flexibility index (Phi) is 7.99. The molecule has 43 heavy (non-hydrogen) atoms. The van der Waals surface area contributed by atoms with Crippen molar-refractivity contribution < 1.29 is 22.8 Å². The molecule has 1 fully saturated rings. The van der Waals surface area contributed by atoms with E-state index in [4.69, 9.17) is 21.7 Å². The number of aromatic nitrogens is 2. The van der Waals surface area contributed by atoms with Gasteiger partial charge < -0.3 is 24.3 Å². The zero-order valence-corrected chi connectivity index (χ0v) is 25.7. The average Bonchev–Trinajstić information content (AvgIpc) is 3.47. The summed E-state index contributed by atoms with van der Waals surface area (Å²) in [6.45, 7) is 3.80. The van der Waals surface area contributed by atoms with Gasteiger partial charge in [0, 0.05) is 29.3 Å². The number of thiocarbonyl (C=S) groups is 1. The quantitative estimate of drug-likeness (QED) is 0.149. The van der Waals surface area contributed by atoms with E-state index in [2.05, 4.69) is 15.0 Å². The predicted octanol–water partition coefficient (Wildman–Crippen LogP) is 4.96. The lowest BCUT2D eigenvalue weighted by Crippen LogP contribution is -2.29. The summed E-state index contributed by atoms with van der Waals surface area (Å²) in [5.74, 6) is 0.692. The number of aryl methyl sites for hydroxylation is 1. The van der Waals surface area contributed by atoms with E-state index < -0.39 is 21.0 Å². The molecule has 2 aromatic carbocycles. The fourth-order valence-corrected chi connectivity index (χ4v) is 6.40. The van der Waals surface area contributed by atoms with E-state index in [1.807, 2.05) is 47.6 Å². The molecule has 1 saturated heterocycles. The summed E-state index contributed by atoms with van der Waals surface area (Å²) in [5, 5.41) is 15.9. The largest absolute Gasteiger partial charge is 0.496 e. The van der Waals surface area contributed by atoms with Gasteiger partial charge in [-0.2, -0.15) is 0 Å². The van der Waals surface area contributed by atoms with Crippen LogP contribution in [-0.2, 0) is 10.0 Å². The van der Waals surface area contributed by atoms with Crippen LogP contribution >= 0.6 is 12.2 Å². The summed E-state index contributed by atoms with van der Waals surface area (Å²) >= 11 is 5.86. The fourth-order valence-electron chi connectivity index (χ4n) is 5.49. The number of nitro groups is 1. The smallest absolute Gasteiger partial charge is 0.296 e. The Hall–Kier alpha value is -4.69. The van der Waals surface area contributed by atoms with Crippen molar-refractivity contribution in [2.75, 3.05) is 30.1 Å². The minimum atomic E-state index is -3.55. The molecule has 12 nitrogen and oxygen atoms in total. The third kappa shape index (κ3) is 5.70. The van der Waals surface area contributed by atoms with Crippen molar-refractivity contribution in [3.8, 4) is 17.2 Å². The molecular weight excluding hydrogens is 592 g/mol. The van der Waals surface area contributed by atoms with E-state index in [0.717, 1.165) is 28.9 Å². The zero-order chi connectivity index (χ0) is 31.1. The molecule has 5 rings (SSSR count). The lowest BCUT2D eigenvalue weighted by Gasteiger charge is -2.29. The van der Waals surface area contributed by atoms with Gasteiger partial charge in [0.25, 0.3) is 5.69 Å². The van der Waals surface area contributed by atoms with Crippen molar-refractivity contribution in [1.82, 2.24) is 14.9 Å². The molecule has 0 spiro atoms. The number of methoxy groups -OCH3 is 2. The van der Waals surface area contributed by atoms with Crippen LogP contribution in [0.2, 0.25) is 0 Å². The summed E-state index contributed by atoms with van der Waals surface area (Å²) in [6.07, 6.45) is 2.77. The number of ether oxygens (including phenoxy) is 2. The first-order valence-corrected chi connectivity index (χ1v) is 15.4. The van der Waals surface area contributed by atoms with Crippen molar-refractivity contribution in [3.05, 3.63) is 99.6 Å². The molecule has 224 valence electrons. The number of nitro benzene ring substituents is 1. The van der Waals surface area contributed by atoms with Crippen LogP contribution < -0.4 is 24.4 Å². The molecule has 0 unspecified atom stereocenters. The van der Waals surface area contributed by atoms with Gasteiger partial charge >= 0.3 is 0 Å². The van der Waals surface area contributed by atoms with Crippen molar-refractivity contribution in [2.45, 2.75) is 25.9 Å². The number of hydrogen-bond acceptors (Lipinski definition) is 8. The molecule has 0 amide bonds. The molecule has 0 radical (unpaired) electrons. The van der Waals surface area contributed by atoms with Crippen molar-refractivity contribution in [1.29, 1.82) is 0 Å². The van der Waals surface area contributed by atoms with Crippen LogP contribution in [-0.4, -0.2) is 48.5 Å². The van der Waals surface area contributed by atoms with Gasteiger partial charge in [0.05, 0.1) is 54.9 Å². The molecule has 2 N–H and O–H groups in total. The third-order valence-electron chi connectivity index (χ3n) is 7.27. The summed E-state index contributed by atoms with van der Waals surface area (Å²) in [7, 11) is -0.630. The minimum Gasteiger partial charge on any atom is -0.496 e. The van der Waals surface area contributed by atoms with E-state index in [1.165, 1.54) is 20.3 Å². The molecule has 0 bridgehead atoms. The summed E-state index contributed by atoms with van der Waals surface area (Å²) in [4.78, 5) is 18.2. The highest BCUT2D eigenvalue weighted by molar-refractivity contribution is 7.92. The standard InChI is InChI=1S/C29H30N6O6S2/c1-17-14-21(18(2)33(17)24-12-10-20(40-3)16-25(24)35(36)37)28-27(23-8-6-7-13-30-23)31-29(42)34(28)19-9-11-22(26(15-19)41-4)32-43(5,38)39/h6-16,27-28,32H,1-5H3,(H,31,42)/t27-,28+/m0/s1. The maximum absolute atomic E-state index is 12.1. The van der Waals surface area contributed by atoms with E-state index >= 15 is 0 Å². The lowest BCUT2D eigenvalue weighted by atomic mass is 9.96. The maximum Gasteiger partial charge on any atom is 0.296 e. The summed E-state index contributed by atoms with van der Waals surface area (Å²) in [5.41, 5.74) is 4.41. The molecule has 4 aromatic rings. The van der Waals surface area contributed by atoms with E-state index in [9.17, 15) is 18.5 Å². The van der Waals surface area contributed by atoms with Gasteiger partial charge in [-0.25, -0.2) is 8.42 Å². The lowest BCUT2D eigenvalue weighted by molar-refractivity contribution is -0.384. The molecule has 2 aromatic heterocycles.